The standard InChI is InChI=1S/C11H10ClN3/c1-2-9-10(12)13-11(15-14-9)8-6-4-3-5-7-8/h3-7H,2H2,1H3. The van der Waals surface area contributed by atoms with Crippen molar-refractivity contribution < 1.29 is 0 Å². The van der Waals surface area contributed by atoms with Crippen molar-refractivity contribution in [3.8, 4) is 11.4 Å². The van der Waals surface area contributed by atoms with Gasteiger partial charge in [-0.15, -0.1) is 5.10 Å². The Morgan fingerprint density at radius 2 is 1.87 bits per heavy atom. The van der Waals surface area contributed by atoms with Gasteiger partial charge in [-0.1, -0.05) is 48.9 Å². The molecular weight excluding hydrogens is 210 g/mol. The number of rotatable bonds is 2. The van der Waals surface area contributed by atoms with E-state index in [0.29, 0.717) is 11.0 Å². The SMILES string of the molecule is CCc1nnc(-c2ccccc2)nc1Cl. The van der Waals surface area contributed by atoms with E-state index in [2.05, 4.69) is 15.2 Å². The van der Waals surface area contributed by atoms with Crippen molar-refractivity contribution in [3.05, 3.63) is 41.2 Å². The van der Waals surface area contributed by atoms with Crippen LogP contribution in [0.4, 0.5) is 0 Å². The first kappa shape index (κ1) is 10.1. The van der Waals surface area contributed by atoms with Crippen LogP contribution in [0.15, 0.2) is 30.3 Å². The van der Waals surface area contributed by atoms with Crippen LogP contribution in [0.5, 0.6) is 0 Å². The van der Waals surface area contributed by atoms with Crippen molar-refractivity contribution in [1.82, 2.24) is 15.2 Å². The third-order valence-electron chi connectivity index (χ3n) is 2.07. The van der Waals surface area contributed by atoms with E-state index in [1.807, 2.05) is 37.3 Å². The highest BCUT2D eigenvalue weighted by atomic mass is 35.5. The second-order valence-corrected chi connectivity index (χ2v) is 3.45. The van der Waals surface area contributed by atoms with Gasteiger partial charge < -0.3 is 0 Å². The Balaban J connectivity index is 2.43. The minimum Gasteiger partial charge on any atom is -0.213 e. The van der Waals surface area contributed by atoms with Crippen LogP contribution >= 0.6 is 11.6 Å². The zero-order valence-electron chi connectivity index (χ0n) is 8.31. The molecule has 0 aliphatic heterocycles. The zero-order valence-corrected chi connectivity index (χ0v) is 9.07. The van der Waals surface area contributed by atoms with Gasteiger partial charge in [-0.25, -0.2) is 4.98 Å². The first-order valence-corrected chi connectivity index (χ1v) is 5.13. The highest BCUT2D eigenvalue weighted by Gasteiger charge is 2.06. The normalized spacial score (nSPS) is 10.3. The molecule has 0 spiro atoms. The molecule has 0 saturated heterocycles. The van der Waals surface area contributed by atoms with E-state index in [1.54, 1.807) is 0 Å². The fourth-order valence-corrected chi connectivity index (χ4v) is 1.51. The van der Waals surface area contributed by atoms with Crippen LogP contribution < -0.4 is 0 Å². The number of nitrogens with zero attached hydrogens (tertiary/aromatic N) is 3. The lowest BCUT2D eigenvalue weighted by atomic mass is 10.2. The van der Waals surface area contributed by atoms with Gasteiger partial charge in [-0.2, -0.15) is 5.10 Å². The molecule has 3 nitrogen and oxygen atoms in total. The summed E-state index contributed by atoms with van der Waals surface area (Å²) in [7, 11) is 0. The van der Waals surface area contributed by atoms with Crippen LogP contribution in [0.1, 0.15) is 12.6 Å². The predicted molar refractivity (Wildman–Crippen MR) is 59.7 cm³/mol. The van der Waals surface area contributed by atoms with E-state index in [0.717, 1.165) is 17.7 Å². The average Bonchev–Trinajstić information content (AvgIpc) is 2.30. The monoisotopic (exact) mass is 219 g/mol. The Morgan fingerprint density at radius 3 is 2.47 bits per heavy atom. The molecule has 2 aromatic rings. The molecule has 1 aromatic heterocycles. The molecular formula is C11H10ClN3. The molecule has 15 heavy (non-hydrogen) atoms. The number of halogens is 1. The van der Waals surface area contributed by atoms with Gasteiger partial charge in [0.25, 0.3) is 0 Å². The molecule has 0 fully saturated rings. The van der Waals surface area contributed by atoms with Crippen LogP contribution in [0.25, 0.3) is 11.4 Å². The highest BCUT2D eigenvalue weighted by Crippen LogP contribution is 2.17. The van der Waals surface area contributed by atoms with Gasteiger partial charge in [0, 0.05) is 5.56 Å². The molecule has 0 unspecified atom stereocenters. The van der Waals surface area contributed by atoms with Gasteiger partial charge >= 0.3 is 0 Å². The minimum atomic E-state index is 0.436. The molecule has 1 aromatic carbocycles. The molecule has 0 amide bonds. The summed E-state index contributed by atoms with van der Waals surface area (Å²) in [6.45, 7) is 1.97. The Morgan fingerprint density at radius 1 is 1.13 bits per heavy atom. The van der Waals surface area contributed by atoms with E-state index >= 15 is 0 Å². The fraction of sp³-hybridized carbons (Fsp3) is 0.182. The van der Waals surface area contributed by atoms with Crippen molar-refractivity contribution in [2.24, 2.45) is 0 Å². The second-order valence-electron chi connectivity index (χ2n) is 3.09. The van der Waals surface area contributed by atoms with Crippen LogP contribution in [0.3, 0.4) is 0 Å². The number of aromatic nitrogens is 3. The Labute approximate surface area is 93.1 Å². The Hall–Kier alpha value is -1.48. The topological polar surface area (TPSA) is 38.7 Å². The van der Waals surface area contributed by atoms with Crippen molar-refractivity contribution in [2.45, 2.75) is 13.3 Å². The van der Waals surface area contributed by atoms with E-state index in [9.17, 15) is 0 Å². The smallest absolute Gasteiger partial charge is 0.183 e. The molecule has 2 rings (SSSR count). The Kier molecular flexibility index (Phi) is 2.92. The summed E-state index contributed by atoms with van der Waals surface area (Å²) in [6, 6.07) is 9.66. The van der Waals surface area contributed by atoms with E-state index in [4.69, 9.17) is 11.6 Å². The van der Waals surface area contributed by atoms with Gasteiger partial charge in [0.1, 0.15) is 5.69 Å². The highest BCUT2D eigenvalue weighted by molar-refractivity contribution is 6.30. The molecule has 1 heterocycles. The zero-order chi connectivity index (χ0) is 10.7. The van der Waals surface area contributed by atoms with Crippen LogP contribution in [0.2, 0.25) is 5.15 Å². The summed E-state index contributed by atoms with van der Waals surface area (Å²) in [4.78, 5) is 4.21. The number of hydrogen-bond donors (Lipinski definition) is 0. The van der Waals surface area contributed by atoms with Crippen LogP contribution in [-0.2, 0) is 6.42 Å². The largest absolute Gasteiger partial charge is 0.213 e. The molecule has 4 heteroatoms. The number of hydrogen-bond acceptors (Lipinski definition) is 3. The number of benzene rings is 1. The van der Waals surface area contributed by atoms with Crippen LogP contribution in [0, 0.1) is 0 Å². The van der Waals surface area contributed by atoms with E-state index in [1.165, 1.54) is 0 Å². The van der Waals surface area contributed by atoms with Gasteiger partial charge in [0.05, 0.1) is 0 Å². The van der Waals surface area contributed by atoms with Gasteiger partial charge in [0.15, 0.2) is 11.0 Å². The second kappa shape index (κ2) is 4.36. The van der Waals surface area contributed by atoms with Crippen molar-refractivity contribution in [1.29, 1.82) is 0 Å². The molecule has 0 atom stereocenters. The summed E-state index contributed by atoms with van der Waals surface area (Å²) >= 11 is 5.97. The molecule has 0 N–H and O–H groups in total. The lowest BCUT2D eigenvalue weighted by molar-refractivity contribution is 0.885. The number of aryl methyl sites for hydroxylation is 1. The van der Waals surface area contributed by atoms with Crippen molar-refractivity contribution in [2.75, 3.05) is 0 Å². The quantitative estimate of drug-likeness (QED) is 0.780. The molecule has 0 aliphatic carbocycles. The average molecular weight is 220 g/mol. The fourth-order valence-electron chi connectivity index (χ4n) is 1.25. The van der Waals surface area contributed by atoms with Crippen molar-refractivity contribution >= 4 is 11.6 Å². The first-order chi connectivity index (χ1) is 7.31. The first-order valence-electron chi connectivity index (χ1n) is 4.75. The van der Waals surface area contributed by atoms with Gasteiger partial charge in [-0.05, 0) is 6.42 Å². The van der Waals surface area contributed by atoms with E-state index < -0.39 is 0 Å². The lowest BCUT2D eigenvalue weighted by Gasteiger charge is -2.01. The molecule has 76 valence electrons. The summed E-state index contributed by atoms with van der Waals surface area (Å²) in [6.07, 6.45) is 0.744. The van der Waals surface area contributed by atoms with E-state index in [-0.39, 0.29) is 0 Å². The maximum atomic E-state index is 5.97. The van der Waals surface area contributed by atoms with Crippen molar-refractivity contribution in [3.63, 3.8) is 0 Å². The maximum Gasteiger partial charge on any atom is 0.183 e. The third-order valence-corrected chi connectivity index (χ3v) is 2.38. The maximum absolute atomic E-state index is 5.97. The summed E-state index contributed by atoms with van der Waals surface area (Å²) in [5.41, 5.74) is 1.66. The Bertz CT molecular complexity index is 457. The summed E-state index contributed by atoms with van der Waals surface area (Å²) < 4.78 is 0. The summed E-state index contributed by atoms with van der Waals surface area (Å²) in [5, 5.41) is 8.50. The molecule has 0 bridgehead atoms. The molecule has 0 aliphatic rings. The molecule has 0 radical (unpaired) electrons. The van der Waals surface area contributed by atoms with Crippen LogP contribution in [-0.4, -0.2) is 15.2 Å². The third kappa shape index (κ3) is 2.13. The summed E-state index contributed by atoms with van der Waals surface area (Å²) in [5.74, 6) is 0.567. The molecule has 0 saturated carbocycles. The predicted octanol–water partition coefficient (Wildman–Crippen LogP) is 2.75. The minimum absolute atomic E-state index is 0.436. The van der Waals surface area contributed by atoms with Gasteiger partial charge in [0.2, 0.25) is 0 Å². The lowest BCUT2D eigenvalue weighted by Crippen LogP contribution is -1.98. The van der Waals surface area contributed by atoms with Gasteiger partial charge in [-0.3, -0.25) is 0 Å².